The number of benzene rings is 2. The summed E-state index contributed by atoms with van der Waals surface area (Å²) in [7, 11) is -4.61. The third-order valence-electron chi connectivity index (χ3n) is 7.87. The van der Waals surface area contributed by atoms with Gasteiger partial charge >= 0.3 is 5.97 Å². The van der Waals surface area contributed by atoms with Crippen molar-refractivity contribution in [1.29, 1.82) is 0 Å². The molecule has 0 spiro atoms. The average Bonchev–Trinajstić information content (AvgIpc) is 3.19. The van der Waals surface area contributed by atoms with Crippen LogP contribution in [0.2, 0.25) is 0 Å². The third-order valence-corrected chi connectivity index (χ3v) is 8.80. The highest BCUT2D eigenvalue weighted by Crippen LogP contribution is 2.47. The Morgan fingerprint density at radius 3 is 2.45 bits per heavy atom. The Bertz CT molecular complexity index is 1410. The third kappa shape index (κ3) is 5.04. The van der Waals surface area contributed by atoms with Crippen LogP contribution in [0, 0.1) is 0 Å². The number of carboxylic acids is 1. The number of aliphatic carboxylic acids is 1. The Balaban J connectivity index is 1.76. The number of nitrogens with zero attached hydrogens (tertiary/aromatic N) is 2. The van der Waals surface area contributed by atoms with Gasteiger partial charge in [0.05, 0.1) is 17.2 Å². The molecule has 2 aliphatic rings. The smallest absolute Gasteiger partial charge is 0.303 e. The number of para-hydroxylation sites is 1. The maximum atomic E-state index is 11.9. The summed E-state index contributed by atoms with van der Waals surface area (Å²) in [6.07, 6.45) is 4.58. The number of carbonyl (C=O) groups is 1. The highest BCUT2D eigenvalue weighted by molar-refractivity contribution is 7.58. The van der Waals surface area contributed by atoms with E-state index in [4.69, 9.17) is 5.11 Å². The number of hydrogen-bond donors (Lipinski definition) is 2. The van der Waals surface area contributed by atoms with Crippen LogP contribution in [0.15, 0.2) is 60.0 Å². The lowest BCUT2D eigenvalue weighted by Crippen LogP contribution is -2.29. The maximum absolute atomic E-state index is 11.9. The lowest BCUT2D eigenvalue weighted by molar-refractivity contribution is -0.433. The van der Waals surface area contributed by atoms with Crippen molar-refractivity contribution in [3.05, 3.63) is 71.1 Å². The van der Waals surface area contributed by atoms with Crippen molar-refractivity contribution in [2.45, 2.75) is 71.1 Å². The first kappa shape index (κ1) is 28.1. The summed E-state index contributed by atoms with van der Waals surface area (Å²) in [6, 6.07) is 13.2. The fraction of sp³-hybridized carbons (Fsp3) is 0.433. The van der Waals surface area contributed by atoms with Gasteiger partial charge in [0.15, 0.2) is 13.3 Å². The zero-order valence-electron chi connectivity index (χ0n) is 22.8. The van der Waals surface area contributed by atoms with Crippen molar-refractivity contribution < 1.29 is 28.8 Å². The fourth-order valence-electron chi connectivity index (χ4n) is 5.81. The van der Waals surface area contributed by atoms with Crippen molar-refractivity contribution >= 4 is 36.0 Å². The zero-order chi connectivity index (χ0) is 27.9. The summed E-state index contributed by atoms with van der Waals surface area (Å²) < 4.78 is 14.0. The summed E-state index contributed by atoms with van der Waals surface area (Å²) in [6.45, 7) is 12.0. The monoisotopic (exact) mass is 536 g/mol. The van der Waals surface area contributed by atoms with Crippen LogP contribution in [0.4, 0.5) is 11.4 Å². The van der Waals surface area contributed by atoms with Gasteiger partial charge in [-0.1, -0.05) is 30.4 Å². The van der Waals surface area contributed by atoms with E-state index in [0.29, 0.717) is 13.0 Å². The van der Waals surface area contributed by atoms with Gasteiger partial charge in [-0.25, -0.2) is 0 Å². The van der Waals surface area contributed by atoms with E-state index in [1.165, 1.54) is 11.6 Å². The van der Waals surface area contributed by atoms with E-state index in [0.717, 1.165) is 47.7 Å². The van der Waals surface area contributed by atoms with E-state index in [1.54, 1.807) is 12.1 Å². The first-order valence-corrected chi connectivity index (χ1v) is 14.8. The van der Waals surface area contributed by atoms with E-state index in [9.17, 15) is 19.1 Å². The topological polar surface area (TPSA) is 104 Å². The van der Waals surface area contributed by atoms with Gasteiger partial charge in [-0.2, -0.15) is 4.58 Å². The van der Waals surface area contributed by atoms with Crippen LogP contribution in [0.3, 0.4) is 0 Å². The molecule has 2 aromatic carbocycles. The van der Waals surface area contributed by atoms with E-state index in [2.05, 4.69) is 68.0 Å². The standard InChI is InChI=1S/C30H37N2O5P/c1-6-31-25-16-15-21(38(35,36)37)20-23(25)30(4,5)26(31)17-18-27-29(2,3)22-12-9-10-13-24(22)32(27)19-11-7-8-14-28(33)34/h9-10,12-13,15-17,20H,6-8,11,14,19H2,1-5H3,(H2-,33,34,35,36,37). The van der Waals surface area contributed by atoms with Gasteiger partial charge in [0.25, 0.3) is 0 Å². The fourth-order valence-corrected chi connectivity index (χ4v) is 6.37. The SMILES string of the molecule is CC[N+]1=C(C=C=C2N(CCCCCC(=O)O)c3ccccc3C2(C)C)C(C)(C)c2cc(P(=O)([O-])O)ccc21. The van der Waals surface area contributed by atoms with E-state index >= 15 is 0 Å². The van der Waals surface area contributed by atoms with Gasteiger partial charge < -0.3 is 24.4 Å². The highest BCUT2D eigenvalue weighted by atomic mass is 31.2. The first-order valence-electron chi connectivity index (χ1n) is 13.2. The molecule has 8 heteroatoms. The van der Waals surface area contributed by atoms with Gasteiger partial charge in [-0.15, -0.1) is 0 Å². The van der Waals surface area contributed by atoms with Crippen molar-refractivity contribution in [2.75, 3.05) is 18.0 Å². The molecule has 1 atom stereocenters. The van der Waals surface area contributed by atoms with Gasteiger partial charge in [-0.05, 0) is 71.2 Å². The summed E-state index contributed by atoms with van der Waals surface area (Å²) >= 11 is 0. The number of anilines is 1. The molecule has 0 aromatic heterocycles. The predicted molar refractivity (Wildman–Crippen MR) is 149 cm³/mol. The second-order valence-electron chi connectivity index (χ2n) is 11.1. The zero-order valence-corrected chi connectivity index (χ0v) is 23.7. The second kappa shape index (κ2) is 10.3. The van der Waals surface area contributed by atoms with E-state index in [1.807, 2.05) is 12.1 Å². The maximum Gasteiger partial charge on any atom is 0.303 e. The van der Waals surface area contributed by atoms with Crippen LogP contribution in [0.5, 0.6) is 0 Å². The van der Waals surface area contributed by atoms with Crippen LogP contribution in [0.1, 0.15) is 71.4 Å². The predicted octanol–water partition coefficient (Wildman–Crippen LogP) is 4.74. The minimum absolute atomic E-state index is 0.0783. The van der Waals surface area contributed by atoms with Gasteiger partial charge in [0.1, 0.15) is 6.54 Å². The molecule has 0 bridgehead atoms. The molecule has 1 unspecified atom stereocenters. The van der Waals surface area contributed by atoms with Crippen LogP contribution >= 0.6 is 7.60 Å². The number of fused-ring (bicyclic) bond motifs is 2. The summed E-state index contributed by atoms with van der Waals surface area (Å²) in [5.74, 6) is -0.761. The van der Waals surface area contributed by atoms with Crippen LogP contribution < -0.4 is 15.1 Å². The number of hydrogen-bond acceptors (Lipinski definition) is 4. The molecule has 2 aliphatic heterocycles. The first-order chi connectivity index (χ1) is 17.8. The molecule has 7 nitrogen and oxygen atoms in total. The number of rotatable bonds is 9. The Labute approximate surface area is 225 Å². The van der Waals surface area contributed by atoms with Crippen LogP contribution in [-0.4, -0.2) is 39.3 Å². The Morgan fingerprint density at radius 2 is 1.79 bits per heavy atom. The average molecular weight is 537 g/mol. The number of unbranched alkanes of at least 4 members (excludes halogenated alkanes) is 2. The molecule has 38 heavy (non-hydrogen) atoms. The van der Waals surface area contributed by atoms with Gasteiger partial charge in [0.2, 0.25) is 5.69 Å². The molecule has 2 aromatic rings. The highest BCUT2D eigenvalue weighted by Gasteiger charge is 2.45. The minimum Gasteiger partial charge on any atom is -0.775 e. The summed E-state index contributed by atoms with van der Waals surface area (Å²) in [5, 5.41) is 8.89. The van der Waals surface area contributed by atoms with Crippen molar-refractivity contribution in [3.8, 4) is 0 Å². The molecular weight excluding hydrogens is 499 g/mol. The van der Waals surface area contributed by atoms with E-state index < -0.39 is 19.0 Å². The molecule has 2 heterocycles. The van der Waals surface area contributed by atoms with E-state index in [-0.39, 0.29) is 17.1 Å². The molecule has 0 aliphatic carbocycles. The Hall–Kier alpha value is -2.95. The van der Waals surface area contributed by atoms with Gasteiger partial charge in [0, 0.05) is 41.0 Å². The van der Waals surface area contributed by atoms with Crippen LogP contribution in [-0.2, 0) is 20.2 Å². The number of carboxylic acid groups (broad SMARTS) is 1. The minimum atomic E-state index is -4.61. The molecule has 0 amide bonds. The molecule has 0 saturated carbocycles. The summed E-state index contributed by atoms with van der Waals surface area (Å²) in [5.41, 5.74) is 9.08. The second-order valence-corrected chi connectivity index (χ2v) is 12.7. The van der Waals surface area contributed by atoms with Crippen molar-refractivity contribution in [3.63, 3.8) is 0 Å². The van der Waals surface area contributed by atoms with Crippen molar-refractivity contribution in [1.82, 2.24) is 0 Å². The lowest BCUT2D eigenvalue weighted by Gasteiger charge is -2.25. The Morgan fingerprint density at radius 1 is 1.08 bits per heavy atom. The van der Waals surface area contributed by atoms with Crippen LogP contribution in [0.25, 0.3) is 0 Å². The molecule has 0 fully saturated rings. The Kier molecular flexibility index (Phi) is 7.62. The molecule has 0 saturated heterocycles. The largest absolute Gasteiger partial charge is 0.775 e. The molecule has 0 radical (unpaired) electrons. The summed E-state index contributed by atoms with van der Waals surface area (Å²) in [4.78, 5) is 34.7. The normalized spacial score (nSPS) is 18.6. The van der Waals surface area contributed by atoms with Crippen molar-refractivity contribution in [2.24, 2.45) is 0 Å². The molecular formula is C30H37N2O5P. The molecule has 202 valence electrons. The molecule has 4 rings (SSSR count). The lowest BCUT2D eigenvalue weighted by atomic mass is 9.81. The van der Waals surface area contributed by atoms with Gasteiger partial charge in [-0.3, -0.25) is 4.79 Å². The molecule has 2 N–H and O–H groups in total. The number of allylic oxidation sites excluding steroid dienone is 1. The quantitative estimate of drug-likeness (QED) is 0.208.